The first kappa shape index (κ1) is 20.0. The van der Waals surface area contributed by atoms with Crippen molar-refractivity contribution < 1.29 is 34.6 Å². The van der Waals surface area contributed by atoms with Gasteiger partial charge in [-0.25, -0.2) is 9.97 Å². The molecule has 13 heteroatoms. The summed E-state index contributed by atoms with van der Waals surface area (Å²) < 4.78 is 89.9. The van der Waals surface area contributed by atoms with Crippen LogP contribution in [0, 0.1) is 6.92 Å². The Morgan fingerprint density at radius 1 is 1.04 bits per heavy atom. The van der Waals surface area contributed by atoms with Crippen LogP contribution in [0.2, 0.25) is 10.3 Å². The zero-order chi connectivity index (χ0) is 19.2. The highest BCUT2D eigenvalue weighted by Crippen LogP contribution is 2.36. The van der Waals surface area contributed by atoms with Gasteiger partial charge in [0.25, 0.3) is 10.1 Å². The van der Waals surface area contributed by atoms with E-state index in [2.05, 4.69) is 14.2 Å². The Balaban J connectivity index is 2.42. The Bertz CT molecular complexity index is 934. The standard InChI is InChI=1S/C12H7Cl2F5N2O3S/c1-5-2-6-7(21-10(14)9(13)20-6)3-8(5)25(22,23)24-4-11(15,16)12(17,18)19/h2-3H,4H2,1H3. The van der Waals surface area contributed by atoms with Crippen molar-refractivity contribution in [2.24, 2.45) is 0 Å². The molecule has 2 aromatic rings. The quantitative estimate of drug-likeness (QED) is 0.544. The number of aryl methyl sites for hydroxylation is 1. The summed E-state index contributed by atoms with van der Waals surface area (Å²) in [5.74, 6) is -5.33. The van der Waals surface area contributed by atoms with E-state index in [-0.39, 0.29) is 26.9 Å². The molecule has 0 aliphatic rings. The lowest BCUT2D eigenvalue weighted by atomic mass is 10.2. The van der Waals surface area contributed by atoms with Crippen molar-refractivity contribution in [3.8, 4) is 0 Å². The highest BCUT2D eigenvalue weighted by Gasteiger charge is 2.58. The van der Waals surface area contributed by atoms with Crippen LogP contribution in [-0.4, -0.2) is 37.1 Å². The van der Waals surface area contributed by atoms with Crippen LogP contribution in [0.3, 0.4) is 0 Å². The van der Waals surface area contributed by atoms with Crippen molar-refractivity contribution in [3.63, 3.8) is 0 Å². The summed E-state index contributed by atoms with van der Waals surface area (Å²) in [7, 11) is -4.92. The fourth-order valence-corrected chi connectivity index (χ4v) is 3.12. The highest BCUT2D eigenvalue weighted by atomic mass is 35.5. The minimum Gasteiger partial charge on any atom is -0.260 e. The van der Waals surface area contributed by atoms with Gasteiger partial charge in [0.2, 0.25) is 0 Å². The number of hydrogen-bond acceptors (Lipinski definition) is 5. The van der Waals surface area contributed by atoms with Crippen LogP contribution in [0.5, 0.6) is 0 Å². The molecule has 0 bridgehead atoms. The zero-order valence-electron chi connectivity index (χ0n) is 12.0. The van der Waals surface area contributed by atoms with E-state index < -0.39 is 33.7 Å². The van der Waals surface area contributed by atoms with Crippen LogP contribution in [0.4, 0.5) is 22.0 Å². The fourth-order valence-electron chi connectivity index (χ4n) is 1.71. The summed E-state index contributed by atoms with van der Waals surface area (Å²) >= 11 is 11.3. The van der Waals surface area contributed by atoms with Gasteiger partial charge in [-0.15, -0.1) is 0 Å². The smallest absolute Gasteiger partial charge is 0.260 e. The monoisotopic (exact) mass is 424 g/mol. The van der Waals surface area contributed by atoms with E-state index in [1.54, 1.807) is 0 Å². The van der Waals surface area contributed by atoms with E-state index in [1.807, 2.05) is 0 Å². The van der Waals surface area contributed by atoms with Gasteiger partial charge in [-0.2, -0.15) is 30.4 Å². The van der Waals surface area contributed by atoms with Gasteiger partial charge in [-0.05, 0) is 24.6 Å². The molecule has 1 heterocycles. The minimum atomic E-state index is -5.95. The first-order valence-electron chi connectivity index (χ1n) is 6.22. The normalized spacial score (nSPS) is 13.4. The molecule has 0 aliphatic carbocycles. The summed E-state index contributed by atoms with van der Waals surface area (Å²) in [6, 6.07) is 2.09. The third-order valence-corrected chi connectivity index (χ3v) is 4.99. The topological polar surface area (TPSA) is 69.2 Å². The van der Waals surface area contributed by atoms with E-state index in [0.717, 1.165) is 6.07 Å². The average Bonchev–Trinajstić information content (AvgIpc) is 2.45. The maximum Gasteiger partial charge on any atom is 0.455 e. The summed E-state index contributed by atoms with van der Waals surface area (Å²) in [5.41, 5.74) is 0.0618. The molecule has 0 saturated heterocycles. The summed E-state index contributed by atoms with van der Waals surface area (Å²) in [4.78, 5) is 6.96. The van der Waals surface area contributed by atoms with Crippen molar-refractivity contribution >= 4 is 44.4 Å². The molecule has 0 amide bonds. The lowest BCUT2D eigenvalue weighted by Gasteiger charge is -2.19. The summed E-state index contributed by atoms with van der Waals surface area (Å²) in [6.45, 7) is -1.12. The Morgan fingerprint density at radius 3 is 2.00 bits per heavy atom. The van der Waals surface area contributed by atoms with Gasteiger partial charge >= 0.3 is 12.1 Å². The maximum atomic E-state index is 12.9. The van der Waals surface area contributed by atoms with E-state index in [9.17, 15) is 30.4 Å². The molecule has 0 atom stereocenters. The third kappa shape index (κ3) is 4.10. The Morgan fingerprint density at radius 2 is 1.52 bits per heavy atom. The van der Waals surface area contributed by atoms with Crippen LogP contribution in [-0.2, 0) is 14.3 Å². The van der Waals surface area contributed by atoms with Crippen molar-refractivity contribution in [2.75, 3.05) is 6.61 Å². The van der Waals surface area contributed by atoms with Crippen molar-refractivity contribution in [2.45, 2.75) is 23.9 Å². The van der Waals surface area contributed by atoms with Gasteiger partial charge in [0, 0.05) is 0 Å². The summed E-state index contributed by atoms with van der Waals surface area (Å²) in [5, 5.41) is -0.392. The van der Waals surface area contributed by atoms with E-state index in [0.29, 0.717) is 0 Å². The van der Waals surface area contributed by atoms with Gasteiger partial charge in [0.1, 0.15) is 6.61 Å². The van der Waals surface area contributed by atoms with Gasteiger partial charge in [0.15, 0.2) is 10.3 Å². The Hall–Kier alpha value is -1.30. The molecule has 25 heavy (non-hydrogen) atoms. The lowest BCUT2D eigenvalue weighted by Crippen LogP contribution is -2.41. The summed E-state index contributed by atoms with van der Waals surface area (Å²) in [6.07, 6.45) is -5.95. The SMILES string of the molecule is Cc1cc2nc(Cl)c(Cl)nc2cc1S(=O)(=O)OCC(F)(F)C(F)(F)F. The number of fused-ring (bicyclic) bond motifs is 1. The van der Waals surface area contributed by atoms with Crippen molar-refractivity contribution in [3.05, 3.63) is 28.0 Å². The molecule has 0 saturated carbocycles. The lowest BCUT2D eigenvalue weighted by molar-refractivity contribution is -0.289. The second-order valence-corrected chi connectivity index (χ2v) is 7.13. The molecule has 0 aliphatic heterocycles. The van der Waals surface area contributed by atoms with E-state index in [1.165, 1.54) is 13.0 Å². The molecule has 5 nitrogen and oxygen atoms in total. The molecule has 0 spiro atoms. The number of aromatic nitrogens is 2. The first-order chi connectivity index (χ1) is 11.2. The number of benzene rings is 1. The van der Waals surface area contributed by atoms with Crippen LogP contribution in [0.25, 0.3) is 11.0 Å². The second-order valence-electron chi connectivity index (χ2n) is 4.83. The van der Waals surface area contributed by atoms with Crippen molar-refractivity contribution in [1.82, 2.24) is 9.97 Å². The third-order valence-electron chi connectivity index (χ3n) is 2.96. The van der Waals surface area contributed by atoms with Crippen LogP contribution in [0.15, 0.2) is 17.0 Å². The maximum absolute atomic E-state index is 12.9. The van der Waals surface area contributed by atoms with Crippen LogP contribution >= 0.6 is 23.2 Å². The minimum absolute atomic E-state index is 0.0180. The predicted octanol–water partition coefficient (Wildman–Crippen LogP) is 4.15. The largest absolute Gasteiger partial charge is 0.455 e. The molecular weight excluding hydrogens is 418 g/mol. The number of hydrogen-bond donors (Lipinski definition) is 0. The first-order valence-corrected chi connectivity index (χ1v) is 8.38. The van der Waals surface area contributed by atoms with Crippen LogP contribution in [0.1, 0.15) is 5.56 Å². The van der Waals surface area contributed by atoms with Crippen molar-refractivity contribution in [1.29, 1.82) is 0 Å². The molecule has 2 rings (SSSR count). The number of alkyl halides is 5. The molecule has 0 radical (unpaired) electrons. The molecule has 1 aromatic carbocycles. The predicted molar refractivity (Wildman–Crippen MR) is 78.4 cm³/mol. The highest BCUT2D eigenvalue weighted by molar-refractivity contribution is 7.86. The molecule has 1 aromatic heterocycles. The molecule has 0 fully saturated rings. The average molecular weight is 425 g/mol. The van der Waals surface area contributed by atoms with E-state index in [4.69, 9.17) is 23.2 Å². The molecule has 0 unspecified atom stereocenters. The number of halogens is 7. The number of rotatable bonds is 4. The Kier molecular flexibility index (Phi) is 5.17. The van der Waals surface area contributed by atoms with Gasteiger partial charge in [-0.1, -0.05) is 23.2 Å². The number of nitrogens with zero attached hydrogens (tertiary/aromatic N) is 2. The van der Waals surface area contributed by atoms with Gasteiger partial charge in [-0.3, -0.25) is 4.18 Å². The van der Waals surface area contributed by atoms with Gasteiger partial charge < -0.3 is 0 Å². The van der Waals surface area contributed by atoms with Crippen LogP contribution < -0.4 is 0 Å². The zero-order valence-corrected chi connectivity index (χ0v) is 14.4. The molecule has 0 N–H and O–H groups in total. The molecular formula is C12H7Cl2F5N2O3S. The fraction of sp³-hybridized carbons (Fsp3) is 0.333. The molecule has 138 valence electrons. The van der Waals surface area contributed by atoms with E-state index >= 15 is 0 Å². The Labute approximate surface area is 147 Å². The van der Waals surface area contributed by atoms with Gasteiger partial charge in [0.05, 0.1) is 15.9 Å². The second kappa shape index (κ2) is 6.45.